The second-order valence-electron chi connectivity index (χ2n) is 5.34. The zero-order valence-electron chi connectivity index (χ0n) is 12.6. The lowest BCUT2D eigenvalue weighted by Gasteiger charge is -2.20. The van der Waals surface area contributed by atoms with E-state index in [0.717, 1.165) is 31.9 Å². The van der Waals surface area contributed by atoms with Crippen molar-refractivity contribution in [3.05, 3.63) is 0 Å². The number of amides is 1. The highest BCUT2D eigenvalue weighted by atomic mass is 32.2. The van der Waals surface area contributed by atoms with Gasteiger partial charge in [-0.2, -0.15) is 4.31 Å². The summed E-state index contributed by atoms with van der Waals surface area (Å²) in [6, 6.07) is 0. The lowest BCUT2D eigenvalue weighted by Crippen LogP contribution is -2.41. The molecule has 0 saturated carbocycles. The van der Waals surface area contributed by atoms with Gasteiger partial charge in [0.2, 0.25) is 15.9 Å². The van der Waals surface area contributed by atoms with E-state index >= 15 is 0 Å². The number of sulfonamides is 1. The maximum atomic E-state index is 11.7. The third-order valence-corrected chi connectivity index (χ3v) is 4.10. The lowest BCUT2D eigenvalue weighted by molar-refractivity contribution is -0.121. The molecule has 19 heavy (non-hydrogen) atoms. The molecule has 0 rings (SSSR count). The highest BCUT2D eigenvalue weighted by Gasteiger charge is 2.19. The molecule has 5 nitrogen and oxygen atoms in total. The zero-order chi connectivity index (χ0) is 14.9. The van der Waals surface area contributed by atoms with Crippen molar-refractivity contribution >= 4 is 15.9 Å². The highest BCUT2D eigenvalue weighted by molar-refractivity contribution is 7.88. The standard InChI is InChI=1S/C13H28N2O3S/c1-5-6-7-9-14-13(16)11-15(19(4,17)18)10-8-12(2)3/h12H,5-11H2,1-4H3,(H,14,16). The number of hydrogen-bond acceptors (Lipinski definition) is 3. The summed E-state index contributed by atoms with van der Waals surface area (Å²) in [5, 5.41) is 2.76. The van der Waals surface area contributed by atoms with Crippen molar-refractivity contribution in [2.75, 3.05) is 25.9 Å². The first kappa shape index (κ1) is 18.4. The molecule has 0 aromatic rings. The molecule has 1 N–H and O–H groups in total. The Morgan fingerprint density at radius 2 is 1.89 bits per heavy atom. The molecule has 114 valence electrons. The van der Waals surface area contributed by atoms with Crippen molar-refractivity contribution in [3.8, 4) is 0 Å². The smallest absolute Gasteiger partial charge is 0.235 e. The van der Waals surface area contributed by atoms with Crippen LogP contribution in [-0.2, 0) is 14.8 Å². The Morgan fingerprint density at radius 3 is 2.37 bits per heavy atom. The van der Waals surface area contributed by atoms with E-state index in [1.807, 2.05) is 13.8 Å². The molecule has 0 heterocycles. The number of carbonyl (C=O) groups excluding carboxylic acids is 1. The minimum absolute atomic E-state index is 0.0717. The summed E-state index contributed by atoms with van der Waals surface area (Å²) in [6.07, 6.45) is 5.02. The van der Waals surface area contributed by atoms with Crippen LogP contribution in [0.2, 0.25) is 0 Å². The summed E-state index contributed by atoms with van der Waals surface area (Å²) < 4.78 is 24.5. The summed E-state index contributed by atoms with van der Waals surface area (Å²) in [6.45, 7) is 7.11. The maximum Gasteiger partial charge on any atom is 0.235 e. The molecule has 0 saturated heterocycles. The lowest BCUT2D eigenvalue weighted by atomic mass is 10.1. The van der Waals surface area contributed by atoms with E-state index in [9.17, 15) is 13.2 Å². The van der Waals surface area contributed by atoms with Gasteiger partial charge in [0.15, 0.2) is 0 Å². The predicted octanol–water partition coefficient (Wildman–Crippen LogP) is 1.60. The Bertz CT molecular complexity index is 353. The first-order chi connectivity index (χ1) is 8.77. The van der Waals surface area contributed by atoms with Crippen LogP contribution < -0.4 is 5.32 Å². The van der Waals surface area contributed by atoms with Gasteiger partial charge in [-0.25, -0.2) is 8.42 Å². The third-order valence-electron chi connectivity index (χ3n) is 2.85. The van der Waals surface area contributed by atoms with Gasteiger partial charge in [-0.15, -0.1) is 0 Å². The molecular formula is C13H28N2O3S. The van der Waals surface area contributed by atoms with Gasteiger partial charge in [0.05, 0.1) is 12.8 Å². The van der Waals surface area contributed by atoms with E-state index < -0.39 is 10.0 Å². The van der Waals surface area contributed by atoms with Gasteiger partial charge in [0, 0.05) is 13.1 Å². The second-order valence-corrected chi connectivity index (χ2v) is 7.32. The fourth-order valence-electron chi connectivity index (χ4n) is 1.58. The third kappa shape index (κ3) is 9.90. The van der Waals surface area contributed by atoms with Crippen LogP contribution in [0.4, 0.5) is 0 Å². The molecule has 0 atom stereocenters. The van der Waals surface area contributed by atoms with Crippen molar-refractivity contribution in [1.29, 1.82) is 0 Å². The molecule has 0 aromatic heterocycles. The van der Waals surface area contributed by atoms with Crippen LogP contribution in [0.25, 0.3) is 0 Å². The SMILES string of the molecule is CCCCCNC(=O)CN(CCC(C)C)S(C)(=O)=O. The molecule has 0 unspecified atom stereocenters. The van der Waals surface area contributed by atoms with Gasteiger partial charge in [-0.3, -0.25) is 4.79 Å². The molecule has 0 bridgehead atoms. The van der Waals surface area contributed by atoms with Crippen molar-refractivity contribution in [3.63, 3.8) is 0 Å². The number of nitrogens with zero attached hydrogens (tertiary/aromatic N) is 1. The highest BCUT2D eigenvalue weighted by Crippen LogP contribution is 2.05. The minimum atomic E-state index is -3.32. The van der Waals surface area contributed by atoms with Crippen LogP contribution in [0, 0.1) is 5.92 Å². The van der Waals surface area contributed by atoms with Crippen LogP contribution in [0.5, 0.6) is 0 Å². The van der Waals surface area contributed by atoms with E-state index in [1.165, 1.54) is 4.31 Å². The second kappa shape index (κ2) is 9.31. The van der Waals surface area contributed by atoms with E-state index in [2.05, 4.69) is 12.2 Å². The first-order valence-electron chi connectivity index (χ1n) is 6.99. The van der Waals surface area contributed by atoms with E-state index in [-0.39, 0.29) is 12.5 Å². The molecule has 6 heteroatoms. The Hall–Kier alpha value is -0.620. The van der Waals surface area contributed by atoms with Crippen LogP contribution in [0.3, 0.4) is 0 Å². The summed E-state index contributed by atoms with van der Waals surface area (Å²) in [5.41, 5.74) is 0. The monoisotopic (exact) mass is 292 g/mol. The topological polar surface area (TPSA) is 66.5 Å². The maximum absolute atomic E-state index is 11.7. The number of hydrogen-bond donors (Lipinski definition) is 1. The molecule has 1 amide bonds. The van der Waals surface area contributed by atoms with Crippen molar-refractivity contribution < 1.29 is 13.2 Å². The van der Waals surface area contributed by atoms with Crippen LogP contribution in [-0.4, -0.2) is 44.5 Å². The molecule has 0 aliphatic rings. The largest absolute Gasteiger partial charge is 0.355 e. The van der Waals surface area contributed by atoms with Gasteiger partial charge >= 0.3 is 0 Å². The Labute approximate surface area is 117 Å². The average molecular weight is 292 g/mol. The first-order valence-corrected chi connectivity index (χ1v) is 8.84. The molecule has 0 spiro atoms. The van der Waals surface area contributed by atoms with Crippen LogP contribution in [0.15, 0.2) is 0 Å². The molecular weight excluding hydrogens is 264 g/mol. The predicted molar refractivity (Wildman–Crippen MR) is 78.4 cm³/mol. The number of unbranched alkanes of at least 4 members (excludes halogenated alkanes) is 2. The van der Waals surface area contributed by atoms with Crippen molar-refractivity contribution in [2.45, 2.75) is 46.5 Å². The van der Waals surface area contributed by atoms with Crippen LogP contribution >= 0.6 is 0 Å². The number of carbonyl (C=O) groups is 1. The van der Waals surface area contributed by atoms with Crippen molar-refractivity contribution in [1.82, 2.24) is 9.62 Å². The summed E-state index contributed by atoms with van der Waals surface area (Å²) in [5.74, 6) is 0.196. The number of rotatable bonds is 10. The summed E-state index contributed by atoms with van der Waals surface area (Å²) >= 11 is 0. The number of nitrogens with one attached hydrogen (secondary N) is 1. The van der Waals surface area contributed by atoms with Gasteiger partial charge in [-0.1, -0.05) is 33.6 Å². The summed E-state index contributed by atoms with van der Waals surface area (Å²) in [7, 11) is -3.32. The molecule has 0 aliphatic heterocycles. The van der Waals surface area contributed by atoms with Gasteiger partial charge in [0.1, 0.15) is 0 Å². The van der Waals surface area contributed by atoms with E-state index in [1.54, 1.807) is 0 Å². The van der Waals surface area contributed by atoms with Crippen LogP contribution in [0.1, 0.15) is 46.5 Å². The molecule has 0 radical (unpaired) electrons. The molecule has 0 aliphatic carbocycles. The Balaban J connectivity index is 4.21. The summed E-state index contributed by atoms with van der Waals surface area (Å²) in [4.78, 5) is 11.7. The van der Waals surface area contributed by atoms with Gasteiger partial charge in [0.25, 0.3) is 0 Å². The van der Waals surface area contributed by atoms with E-state index in [4.69, 9.17) is 0 Å². The molecule has 0 aromatic carbocycles. The van der Waals surface area contributed by atoms with Gasteiger partial charge < -0.3 is 5.32 Å². The Kier molecular flexibility index (Phi) is 9.01. The van der Waals surface area contributed by atoms with Crippen molar-refractivity contribution in [2.24, 2.45) is 5.92 Å². The normalized spacial score (nSPS) is 12.1. The Morgan fingerprint density at radius 1 is 1.26 bits per heavy atom. The minimum Gasteiger partial charge on any atom is -0.355 e. The quantitative estimate of drug-likeness (QED) is 0.622. The fraction of sp³-hybridized carbons (Fsp3) is 0.923. The average Bonchev–Trinajstić information content (AvgIpc) is 2.28. The fourth-order valence-corrected chi connectivity index (χ4v) is 2.37. The molecule has 0 fully saturated rings. The van der Waals surface area contributed by atoms with E-state index in [0.29, 0.717) is 19.0 Å². The zero-order valence-corrected chi connectivity index (χ0v) is 13.4. The van der Waals surface area contributed by atoms with Gasteiger partial charge in [-0.05, 0) is 18.8 Å².